The summed E-state index contributed by atoms with van der Waals surface area (Å²) in [7, 11) is 0. The lowest BCUT2D eigenvalue weighted by molar-refractivity contribution is 0.970. The van der Waals surface area contributed by atoms with Crippen LogP contribution in [0.4, 0.5) is 17.3 Å². The highest BCUT2D eigenvalue weighted by Gasteiger charge is 2.01. The quantitative estimate of drug-likeness (QED) is 0.838. The SMILES string of the molecule is CCCNc1cccc(Nc2cc(C)ccc2C)n1. The van der Waals surface area contributed by atoms with E-state index in [-0.39, 0.29) is 0 Å². The first-order chi connectivity index (χ1) is 9.19. The molecule has 0 bridgehead atoms. The van der Waals surface area contributed by atoms with Crippen molar-refractivity contribution in [3.63, 3.8) is 0 Å². The molecule has 0 aliphatic heterocycles. The van der Waals surface area contributed by atoms with Gasteiger partial charge in [-0.15, -0.1) is 0 Å². The van der Waals surface area contributed by atoms with E-state index in [1.54, 1.807) is 0 Å². The lowest BCUT2D eigenvalue weighted by Crippen LogP contribution is -2.03. The normalized spacial score (nSPS) is 10.3. The van der Waals surface area contributed by atoms with E-state index in [0.717, 1.165) is 30.3 Å². The van der Waals surface area contributed by atoms with Crippen LogP contribution in [0.1, 0.15) is 24.5 Å². The maximum absolute atomic E-state index is 4.55. The van der Waals surface area contributed by atoms with Gasteiger partial charge in [0.05, 0.1) is 0 Å². The smallest absolute Gasteiger partial charge is 0.132 e. The molecule has 0 spiro atoms. The van der Waals surface area contributed by atoms with E-state index < -0.39 is 0 Å². The Balaban J connectivity index is 2.16. The Labute approximate surface area is 115 Å². The predicted molar refractivity (Wildman–Crippen MR) is 82.2 cm³/mol. The van der Waals surface area contributed by atoms with Crippen molar-refractivity contribution in [2.45, 2.75) is 27.2 Å². The summed E-state index contributed by atoms with van der Waals surface area (Å²) in [5, 5.41) is 6.67. The van der Waals surface area contributed by atoms with Crippen LogP contribution in [-0.2, 0) is 0 Å². The van der Waals surface area contributed by atoms with Gasteiger partial charge >= 0.3 is 0 Å². The number of aryl methyl sites for hydroxylation is 2. The minimum atomic E-state index is 0.870. The zero-order chi connectivity index (χ0) is 13.7. The van der Waals surface area contributed by atoms with E-state index in [1.165, 1.54) is 11.1 Å². The molecule has 0 atom stereocenters. The summed E-state index contributed by atoms with van der Waals surface area (Å²) in [4.78, 5) is 4.55. The van der Waals surface area contributed by atoms with Gasteiger partial charge in [-0.1, -0.05) is 25.1 Å². The van der Waals surface area contributed by atoms with Crippen LogP contribution < -0.4 is 10.6 Å². The lowest BCUT2D eigenvalue weighted by Gasteiger charge is -2.11. The molecule has 1 heterocycles. The van der Waals surface area contributed by atoms with Crippen molar-refractivity contribution in [1.29, 1.82) is 0 Å². The van der Waals surface area contributed by atoms with Crippen LogP contribution in [0, 0.1) is 13.8 Å². The molecule has 0 unspecified atom stereocenters. The van der Waals surface area contributed by atoms with Gasteiger partial charge in [-0.25, -0.2) is 4.98 Å². The van der Waals surface area contributed by atoms with Gasteiger partial charge in [-0.3, -0.25) is 0 Å². The predicted octanol–water partition coefficient (Wildman–Crippen LogP) is 4.26. The summed E-state index contributed by atoms with van der Waals surface area (Å²) in [5.41, 5.74) is 3.58. The fourth-order valence-electron chi connectivity index (χ4n) is 1.86. The van der Waals surface area contributed by atoms with E-state index in [0.29, 0.717) is 0 Å². The molecule has 3 nitrogen and oxygen atoms in total. The van der Waals surface area contributed by atoms with Gasteiger partial charge in [0, 0.05) is 12.2 Å². The zero-order valence-corrected chi connectivity index (χ0v) is 11.8. The molecule has 100 valence electrons. The summed E-state index contributed by atoms with van der Waals surface area (Å²) in [5.74, 6) is 1.78. The molecule has 0 amide bonds. The van der Waals surface area contributed by atoms with Gasteiger partial charge in [-0.2, -0.15) is 0 Å². The second-order valence-electron chi connectivity index (χ2n) is 4.78. The number of nitrogens with one attached hydrogen (secondary N) is 2. The van der Waals surface area contributed by atoms with Crippen LogP contribution in [-0.4, -0.2) is 11.5 Å². The molecule has 19 heavy (non-hydrogen) atoms. The molecule has 2 rings (SSSR count). The molecule has 3 heteroatoms. The number of nitrogens with zero attached hydrogens (tertiary/aromatic N) is 1. The number of hydrogen-bond acceptors (Lipinski definition) is 3. The van der Waals surface area contributed by atoms with E-state index in [4.69, 9.17) is 0 Å². The molecule has 0 aliphatic carbocycles. The largest absolute Gasteiger partial charge is 0.370 e. The van der Waals surface area contributed by atoms with Crippen LogP contribution >= 0.6 is 0 Å². The first kappa shape index (κ1) is 13.4. The summed E-state index contributed by atoms with van der Waals surface area (Å²) < 4.78 is 0. The number of hydrogen-bond donors (Lipinski definition) is 2. The molecule has 2 aromatic rings. The Bertz CT molecular complexity index is 549. The topological polar surface area (TPSA) is 37.0 Å². The Morgan fingerprint density at radius 2 is 1.84 bits per heavy atom. The summed E-state index contributed by atoms with van der Waals surface area (Å²) >= 11 is 0. The number of pyridine rings is 1. The van der Waals surface area contributed by atoms with Gasteiger partial charge in [-0.05, 0) is 49.6 Å². The second-order valence-corrected chi connectivity index (χ2v) is 4.78. The minimum absolute atomic E-state index is 0.870. The Hall–Kier alpha value is -2.03. The molecule has 0 saturated heterocycles. The van der Waals surface area contributed by atoms with Crippen LogP contribution in [0.25, 0.3) is 0 Å². The first-order valence-corrected chi connectivity index (χ1v) is 6.74. The maximum atomic E-state index is 4.55. The van der Waals surface area contributed by atoms with Crippen molar-refractivity contribution in [3.8, 4) is 0 Å². The molecule has 0 aliphatic rings. The number of aromatic nitrogens is 1. The fraction of sp³-hybridized carbons (Fsp3) is 0.312. The molecule has 0 saturated carbocycles. The highest BCUT2D eigenvalue weighted by atomic mass is 15.1. The van der Waals surface area contributed by atoms with Crippen molar-refractivity contribution < 1.29 is 0 Å². The zero-order valence-electron chi connectivity index (χ0n) is 11.8. The third kappa shape index (κ3) is 3.71. The molecule has 0 fully saturated rings. The van der Waals surface area contributed by atoms with E-state index in [2.05, 4.69) is 54.6 Å². The van der Waals surface area contributed by atoms with Gasteiger partial charge in [0.1, 0.15) is 11.6 Å². The Kier molecular flexibility index (Phi) is 4.39. The lowest BCUT2D eigenvalue weighted by atomic mass is 10.1. The number of anilines is 3. The Morgan fingerprint density at radius 1 is 1.05 bits per heavy atom. The van der Waals surface area contributed by atoms with Crippen molar-refractivity contribution >= 4 is 17.3 Å². The van der Waals surface area contributed by atoms with Crippen LogP contribution in [0.15, 0.2) is 36.4 Å². The number of rotatable bonds is 5. The van der Waals surface area contributed by atoms with E-state index >= 15 is 0 Å². The maximum Gasteiger partial charge on any atom is 0.132 e. The standard InChI is InChI=1S/C16H21N3/c1-4-10-17-15-6-5-7-16(19-15)18-14-11-12(2)8-9-13(14)3/h5-9,11H,4,10H2,1-3H3,(H2,17,18,19). The first-order valence-electron chi connectivity index (χ1n) is 6.74. The van der Waals surface area contributed by atoms with Crippen molar-refractivity contribution in [2.75, 3.05) is 17.2 Å². The van der Waals surface area contributed by atoms with Crippen LogP contribution in [0.3, 0.4) is 0 Å². The van der Waals surface area contributed by atoms with Gasteiger partial charge in [0.25, 0.3) is 0 Å². The highest BCUT2D eigenvalue weighted by molar-refractivity contribution is 5.62. The average molecular weight is 255 g/mol. The molecular weight excluding hydrogens is 234 g/mol. The van der Waals surface area contributed by atoms with Crippen molar-refractivity contribution in [3.05, 3.63) is 47.5 Å². The molecule has 2 N–H and O–H groups in total. The minimum Gasteiger partial charge on any atom is -0.370 e. The van der Waals surface area contributed by atoms with Crippen LogP contribution in [0.5, 0.6) is 0 Å². The number of benzene rings is 1. The molecule has 1 aromatic heterocycles. The average Bonchev–Trinajstić information content (AvgIpc) is 2.41. The van der Waals surface area contributed by atoms with Crippen molar-refractivity contribution in [2.24, 2.45) is 0 Å². The third-order valence-electron chi connectivity index (χ3n) is 2.96. The van der Waals surface area contributed by atoms with E-state index in [9.17, 15) is 0 Å². The summed E-state index contributed by atoms with van der Waals surface area (Å²) in [6.45, 7) is 7.28. The van der Waals surface area contributed by atoms with Gasteiger partial charge < -0.3 is 10.6 Å². The molecule has 1 aromatic carbocycles. The molecule has 0 radical (unpaired) electrons. The fourth-order valence-corrected chi connectivity index (χ4v) is 1.86. The summed E-state index contributed by atoms with van der Waals surface area (Å²) in [6.07, 6.45) is 1.09. The summed E-state index contributed by atoms with van der Waals surface area (Å²) in [6, 6.07) is 12.4. The van der Waals surface area contributed by atoms with Gasteiger partial charge in [0.2, 0.25) is 0 Å². The van der Waals surface area contributed by atoms with E-state index in [1.807, 2.05) is 18.2 Å². The Morgan fingerprint density at radius 3 is 2.63 bits per heavy atom. The second kappa shape index (κ2) is 6.23. The van der Waals surface area contributed by atoms with Gasteiger partial charge in [0.15, 0.2) is 0 Å². The van der Waals surface area contributed by atoms with Crippen molar-refractivity contribution in [1.82, 2.24) is 4.98 Å². The third-order valence-corrected chi connectivity index (χ3v) is 2.96. The van der Waals surface area contributed by atoms with Crippen LogP contribution in [0.2, 0.25) is 0 Å². The highest BCUT2D eigenvalue weighted by Crippen LogP contribution is 2.21. The molecular formula is C16H21N3. The monoisotopic (exact) mass is 255 g/mol.